The Hall–Kier alpha value is -2.28. The number of sulfonamides is 1. The molecule has 146 valence electrons. The van der Waals surface area contributed by atoms with Gasteiger partial charge in [0.05, 0.1) is 12.0 Å². The molecule has 0 bridgehead atoms. The summed E-state index contributed by atoms with van der Waals surface area (Å²) in [4.78, 5) is 1.32. The second-order valence-electron chi connectivity index (χ2n) is 6.36. The Bertz CT molecular complexity index is 986. The van der Waals surface area contributed by atoms with Gasteiger partial charge in [0, 0.05) is 16.7 Å². The van der Waals surface area contributed by atoms with Crippen LogP contribution in [0.1, 0.15) is 16.4 Å². The number of rotatable bonds is 8. The molecule has 0 heterocycles. The summed E-state index contributed by atoms with van der Waals surface area (Å²) in [6.45, 7) is 2.22. The maximum absolute atomic E-state index is 12.7. The van der Waals surface area contributed by atoms with E-state index in [0.29, 0.717) is 0 Å². The van der Waals surface area contributed by atoms with E-state index in [2.05, 4.69) is 4.72 Å². The Kier molecular flexibility index (Phi) is 6.78. The van der Waals surface area contributed by atoms with Crippen LogP contribution in [-0.4, -0.2) is 22.1 Å². The van der Waals surface area contributed by atoms with Gasteiger partial charge < -0.3 is 4.74 Å². The van der Waals surface area contributed by atoms with Crippen molar-refractivity contribution in [3.63, 3.8) is 0 Å². The van der Waals surface area contributed by atoms with Crippen molar-refractivity contribution in [1.29, 1.82) is 0 Å². The van der Waals surface area contributed by atoms with Crippen molar-refractivity contribution >= 4 is 21.8 Å². The van der Waals surface area contributed by atoms with E-state index in [1.54, 1.807) is 43.1 Å². The van der Waals surface area contributed by atoms with E-state index in [-0.39, 0.29) is 16.7 Å². The van der Waals surface area contributed by atoms with E-state index in [1.165, 1.54) is 0 Å². The van der Waals surface area contributed by atoms with Crippen molar-refractivity contribution in [2.75, 3.05) is 13.7 Å². The minimum Gasteiger partial charge on any atom is -0.497 e. The zero-order chi connectivity index (χ0) is 20.0. The van der Waals surface area contributed by atoms with Gasteiger partial charge >= 0.3 is 0 Å². The summed E-state index contributed by atoms with van der Waals surface area (Å²) in [6, 6.07) is 24.5. The van der Waals surface area contributed by atoms with E-state index >= 15 is 0 Å². The zero-order valence-corrected chi connectivity index (χ0v) is 17.5. The molecule has 1 N–H and O–H groups in total. The standard InChI is InChI=1S/C22H23NO3S2/c1-17-8-14-21(15-9-17)28(24,25)23-16-22(18-6-4-3-5-7-18)27-20-12-10-19(26-2)11-13-20/h3-15,22-23H,16H2,1-2H3. The molecular weight excluding hydrogens is 390 g/mol. The monoisotopic (exact) mass is 413 g/mol. The van der Waals surface area contributed by atoms with Crippen molar-refractivity contribution in [3.8, 4) is 5.75 Å². The minimum atomic E-state index is -3.57. The molecule has 0 fully saturated rings. The number of nitrogens with one attached hydrogen (secondary N) is 1. The van der Waals surface area contributed by atoms with Crippen LogP contribution in [-0.2, 0) is 10.0 Å². The number of hydrogen-bond acceptors (Lipinski definition) is 4. The second kappa shape index (κ2) is 9.28. The summed E-state index contributed by atoms with van der Waals surface area (Å²) in [5, 5.41) is -0.0604. The van der Waals surface area contributed by atoms with Crippen molar-refractivity contribution in [3.05, 3.63) is 90.0 Å². The van der Waals surface area contributed by atoms with Crippen LogP contribution in [0.3, 0.4) is 0 Å². The van der Waals surface area contributed by atoms with Crippen LogP contribution < -0.4 is 9.46 Å². The quantitative estimate of drug-likeness (QED) is 0.538. The molecule has 0 aliphatic rings. The first-order chi connectivity index (χ1) is 13.5. The molecule has 3 aromatic carbocycles. The number of thioether (sulfide) groups is 1. The van der Waals surface area contributed by atoms with E-state index in [1.807, 2.05) is 61.5 Å². The summed E-state index contributed by atoms with van der Waals surface area (Å²) >= 11 is 1.62. The third kappa shape index (κ3) is 5.38. The first kappa shape index (κ1) is 20.5. The second-order valence-corrected chi connectivity index (χ2v) is 9.40. The molecule has 1 atom stereocenters. The molecule has 0 aromatic heterocycles. The maximum atomic E-state index is 12.7. The summed E-state index contributed by atoms with van der Waals surface area (Å²) in [5.41, 5.74) is 2.09. The molecule has 3 rings (SSSR count). The number of ether oxygens (including phenoxy) is 1. The minimum absolute atomic E-state index is 0.0604. The highest BCUT2D eigenvalue weighted by Gasteiger charge is 2.19. The molecule has 0 amide bonds. The fourth-order valence-electron chi connectivity index (χ4n) is 2.70. The topological polar surface area (TPSA) is 55.4 Å². The fourth-order valence-corrected chi connectivity index (χ4v) is 4.93. The van der Waals surface area contributed by atoms with Gasteiger partial charge in [0.25, 0.3) is 0 Å². The summed E-state index contributed by atoms with van der Waals surface area (Å²) in [6.07, 6.45) is 0. The van der Waals surface area contributed by atoms with Gasteiger partial charge in [-0.3, -0.25) is 0 Å². The molecule has 0 saturated heterocycles. The summed E-state index contributed by atoms with van der Waals surface area (Å²) in [7, 11) is -1.93. The van der Waals surface area contributed by atoms with Crippen LogP contribution >= 0.6 is 11.8 Å². The lowest BCUT2D eigenvalue weighted by atomic mass is 10.1. The van der Waals surface area contributed by atoms with E-state index in [4.69, 9.17) is 4.74 Å². The molecule has 3 aromatic rings. The molecule has 0 aliphatic carbocycles. The van der Waals surface area contributed by atoms with Gasteiger partial charge in [0.1, 0.15) is 5.75 Å². The molecule has 6 heteroatoms. The zero-order valence-electron chi connectivity index (χ0n) is 15.8. The van der Waals surface area contributed by atoms with Crippen molar-refractivity contribution in [2.45, 2.75) is 22.0 Å². The Labute approximate surface area is 171 Å². The van der Waals surface area contributed by atoms with Gasteiger partial charge in [-0.1, -0.05) is 48.0 Å². The molecule has 1 unspecified atom stereocenters. The maximum Gasteiger partial charge on any atom is 0.240 e. The van der Waals surface area contributed by atoms with Crippen LogP contribution in [0.5, 0.6) is 5.75 Å². The predicted molar refractivity (Wildman–Crippen MR) is 114 cm³/mol. The molecule has 0 spiro atoms. The van der Waals surface area contributed by atoms with Crippen LogP contribution in [0.4, 0.5) is 0 Å². The van der Waals surface area contributed by atoms with Gasteiger partial charge in [-0.15, -0.1) is 11.8 Å². The van der Waals surface area contributed by atoms with E-state index in [9.17, 15) is 8.42 Å². The van der Waals surface area contributed by atoms with Gasteiger partial charge in [-0.05, 0) is 48.9 Å². The van der Waals surface area contributed by atoms with Gasteiger partial charge in [-0.2, -0.15) is 0 Å². The Morgan fingerprint density at radius 3 is 2.18 bits per heavy atom. The molecule has 0 aliphatic heterocycles. The Morgan fingerprint density at radius 2 is 1.57 bits per heavy atom. The highest BCUT2D eigenvalue weighted by Crippen LogP contribution is 2.35. The van der Waals surface area contributed by atoms with Crippen molar-refractivity contribution < 1.29 is 13.2 Å². The first-order valence-electron chi connectivity index (χ1n) is 8.90. The van der Waals surface area contributed by atoms with Crippen LogP contribution in [0.2, 0.25) is 0 Å². The number of benzene rings is 3. The third-order valence-corrected chi connectivity index (χ3v) is 7.01. The molecular formula is C22H23NO3S2. The largest absolute Gasteiger partial charge is 0.497 e. The van der Waals surface area contributed by atoms with Crippen LogP contribution in [0.15, 0.2) is 88.7 Å². The van der Waals surface area contributed by atoms with Gasteiger partial charge in [0.2, 0.25) is 10.0 Å². The first-order valence-corrected chi connectivity index (χ1v) is 11.3. The lowest BCUT2D eigenvalue weighted by Gasteiger charge is -2.18. The lowest BCUT2D eigenvalue weighted by Crippen LogP contribution is -2.27. The Balaban J connectivity index is 1.78. The molecule has 0 saturated carbocycles. The summed E-state index contributed by atoms with van der Waals surface area (Å²) in [5.74, 6) is 0.792. The number of methoxy groups -OCH3 is 1. The van der Waals surface area contributed by atoms with Crippen molar-refractivity contribution in [1.82, 2.24) is 4.72 Å². The normalized spacial score (nSPS) is 12.5. The third-order valence-electron chi connectivity index (χ3n) is 4.30. The van der Waals surface area contributed by atoms with Gasteiger partial charge in [0.15, 0.2) is 0 Å². The van der Waals surface area contributed by atoms with Crippen LogP contribution in [0.25, 0.3) is 0 Å². The summed E-state index contributed by atoms with van der Waals surface area (Å²) < 4.78 is 33.3. The van der Waals surface area contributed by atoms with Crippen LogP contribution in [0, 0.1) is 6.92 Å². The average Bonchev–Trinajstić information content (AvgIpc) is 2.72. The molecule has 4 nitrogen and oxygen atoms in total. The SMILES string of the molecule is COc1ccc(SC(CNS(=O)(=O)c2ccc(C)cc2)c2ccccc2)cc1. The van der Waals surface area contributed by atoms with E-state index in [0.717, 1.165) is 21.8 Å². The highest BCUT2D eigenvalue weighted by molar-refractivity contribution is 7.99. The molecule has 0 radical (unpaired) electrons. The van der Waals surface area contributed by atoms with E-state index < -0.39 is 10.0 Å². The Morgan fingerprint density at radius 1 is 0.929 bits per heavy atom. The van der Waals surface area contributed by atoms with Gasteiger partial charge in [-0.25, -0.2) is 13.1 Å². The number of aryl methyl sites for hydroxylation is 1. The predicted octanol–water partition coefficient (Wildman–Crippen LogP) is 4.82. The molecule has 28 heavy (non-hydrogen) atoms. The highest BCUT2D eigenvalue weighted by atomic mass is 32.2. The lowest BCUT2D eigenvalue weighted by molar-refractivity contribution is 0.414. The fraction of sp³-hybridized carbons (Fsp3) is 0.182. The number of hydrogen-bond donors (Lipinski definition) is 1. The average molecular weight is 414 g/mol. The smallest absolute Gasteiger partial charge is 0.240 e. The van der Waals surface area contributed by atoms with Crippen molar-refractivity contribution in [2.24, 2.45) is 0 Å².